The number of benzene rings is 1. The Labute approximate surface area is 113 Å². The van der Waals surface area contributed by atoms with Gasteiger partial charge in [-0.2, -0.15) is 0 Å². The van der Waals surface area contributed by atoms with Gasteiger partial charge in [-0.3, -0.25) is 9.59 Å². The number of amides is 1. The number of ether oxygens (including phenoxy) is 1. The molecule has 1 amide bonds. The van der Waals surface area contributed by atoms with Crippen molar-refractivity contribution < 1.29 is 14.3 Å². The number of fused-ring (bicyclic) bond motifs is 1. The van der Waals surface area contributed by atoms with Crippen molar-refractivity contribution in [1.82, 2.24) is 0 Å². The Hall–Kier alpha value is -1.84. The van der Waals surface area contributed by atoms with Gasteiger partial charge in [0, 0.05) is 31.9 Å². The number of carbonyl (C=O) groups is 2. The summed E-state index contributed by atoms with van der Waals surface area (Å²) in [6.07, 6.45) is 0.369. The summed E-state index contributed by atoms with van der Waals surface area (Å²) >= 11 is 0. The number of hydrogen-bond donors (Lipinski definition) is 0. The van der Waals surface area contributed by atoms with Gasteiger partial charge in [-0.25, -0.2) is 0 Å². The lowest BCUT2D eigenvalue weighted by Crippen LogP contribution is -2.42. The lowest BCUT2D eigenvalue weighted by atomic mass is 9.92. The van der Waals surface area contributed by atoms with Crippen molar-refractivity contribution in [1.29, 1.82) is 0 Å². The van der Waals surface area contributed by atoms with E-state index < -0.39 is 0 Å². The maximum Gasteiger partial charge on any atom is 0.303 e. The van der Waals surface area contributed by atoms with Crippen LogP contribution in [0.3, 0.4) is 0 Å². The molecule has 2 atom stereocenters. The van der Waals surface area contributed by atoms with Crippen molar-refractivity contribution in [2.45, 2.75) is 46.3 Å². The van der Waals surface area contributed by atoms with Crippen molar-refractivity contribution in [3.8, 4) is 0 Å². The first-order valence-electron chi connectivity index (χ1n) is 6.47. The summed E-state index contributed by atoms with van der Waals surface area (Å²) in [6.45, 7) is 6.94. The fourth-order valence-electron chi connectivity index (χ4n) is 2.72. The molecule has 0 aromatic heterocycles. The van der Waals surface area contributed by atoms with Gasteiger partial charge in [0.2, 0.25) is 5.91 Å². The lowest BCUT2D eigenvalue weighted by molar-refractivity contribution is -0.147. The quantitative estimate of drug-likeness (QED) is 0.730. The molecule has 4 nitrogen and oxygen atoms in total. The largest absolute Gasteiger partial charge is 0.458 e. The van der Waals surface area contributed by atoms with Crippen molar-refractivity contribution in [3.63, 3.8) is 0 Å². The Morgan fingerprint density at radius 2 is 2.00 bits per heavy atom. The minimum atomic E-state index is -0.291. The molecule has 1 aliphatic rings. The molecular weight excluding hydrogens is 242 g/mol. The second kappa shape index (κ2) is 5.03. The van der Waals surface area contributed by atoms with Crippen LogP contribution in [0.4, 0.5) is 5.69 Å². The van der Waals surface area contributed by atoms with Crippen LogP contribution in [0.5, 0.6) is 0 Å². The van der Waals surface area contributed by atoms with E-state index >= 15 is 0 Å². The maximum atomic E-state index is 11.8. The molecule has 1 aromatic rings. The Morgan fingerprint density at radius 1 is 1.32 bits per heavy atom. The van der Waals surface area contributed by atoms with Crippen molar-refractivity contribution >= 4 is 17.6 Å². The maximum absolute atomic E-state index is 11.8. The van der Waals surface area contributed by atoms with Crippen LogP contribution in [0, 0.1) is 6.92 Å². The van der Waals surface area contributed by atoms with Crippen LogP contribution in [-0.4, -0.2) is 17.9 Å². The van der Waals surface area contributed by atoms with E-state index in [4.69, 9.17) is 4.74 Å². The molecule has 0 aliphatic carbocycles. The molecule has 102 valence electrons. The third-order valence-corrected chi connectivity index (χ3v) is 3.43. The minimum absolute atomic E-state index is 0.0129. The topological polar surface area (TPSA) is 46.6 Å². The highest BCUT2D eigenvalue weighted by molar-refractivity contribution is 5.93. The first-order valence-corrected chi connectivity index (χ1v) is 6.47. The first-order chi connectivity index (χ1) is 8.90. The standard InChI is InChI=1S/C15H19NO3/c1-9-5-6-14-13(7-9)15(19-12(4)18)8-10(2)16(14)11(3)17/h5-7,10,15H,8H2,1-4H3/t10-,15+/m1/s1. The zero-order valence-electron chi connectivity index (χ0n) is 11.8. The fraction of sp³-hybridized carbons (Fsp3) is 0.467. The predicted octanol–water partition coefficient (Wildman–Crippen LogP) is 2.74. The molecule has 2 rings (SSSR count). The monoisotopic (exact) mass is 261 g/mol. The zero-order chi connectivity index (χ0) is 14.2. The highest BCUT2D eigenvalue weighted by atomic mass is 16.5. The van der Waals surface area contributed by atoms with E-state index in [2.05, 4.69) is 0 Å². The van der Waals surface area contributed by atoms with Crippen LogP contribution in [0.1, 0.15) is 44.4 Å². The molecule has 0 N–H and O–H groups in total. The molecule has 0 radical (unpaired) electrons. The summed E-state index contributed by atoms with van der Waals surface area (Å²) < 4.78 is 5.39. The van der Waals surface area contributed by atoms with Crippen LogP contribution in [-0.2, 0) is 14.3 Å². The number of aryl methyl sites for hydroxylation is 1. The van der Waals surface area contributed by atoms with Gasteiger partial charge in [-0.1, -0.05) is 17.7 Å². The Balaban J connectivity index is 2.49. The van der Waals surface area contributed by atoms with Crippen LogP contribution < -0.4 is 4.90 Å². The number of hydrogen-bond acceptors (Lipinski definition) is 3. The van der Waals surface area contributed by atoms with Gasteiger partial charge in [0.05, 0.1) is 5.69 Å². The van der Waals surface area contributed by atoms with E-state index in [1.54, 1.807) is 11.8 Å². The average molecular weight is 261 g/mol. The van der Waals surface area contributed by atoms with Crippen LogP contribution in [0.25, 0.3) is 0 Å². The highest BCUT2D eigenvalue weighted by Crippen LogP contribution is 2.39. The Kier molecular flexibility index (Phi) is 3.60. The number of carbonyl (C=O) groups excluding carboxylic acids is 2. The SMILES string of the molecule is CC(=O)O[C@H]1C[C@@H](C)N(C(C)=O)c2ccc(C)cc21. The first kappa shape index (κ1) is 13.6. The number of anilines is 1. The summed E-state index contributed by atoms with van der Waals surface area (Å²) in [5.74, 6) is -0.278. The second-order valence-electron chi connectivity index (χ2n) is 5.13. The minimum Gasteiger partial charge on any atom is -0.458 e. The van der Waals surface area contributed by atoms with E-state index in [-0.39, 0.29) is 24.0 Å². The molecule has 0 spiro atoms. The lowest BCUT2D eigenvalue weighted by Gasteiger charge is -2.38. The smallest absolute Gasteiger partial charge is 0.303 e. The number of nitrogens with zero attached hydrogens (tertiary/aromatic N) is 1. The molecule has 0 saturated heterocycles. The normalized spacial score (nSPS) is 21.8. The van der Waals surface area contributed by atoms with Gasteiger partial charge in [-0.05, 0) is 19.9 Å². The van der Waals surface area contributed by atoms with Gasteiger partial charge in [-0.15, -0.1) is 0 Å². The summed E-state index contributed by atoms with van der Waals surface area (Å²) in [4.78, 5) is 24.8. The van der Waals surface area contributed by atoms with E-state index in [1.807, 2.05) is 32.0 Å². The number of rotatable bonds is 1. The van der Waals surface area contributed by atoms with E-state index in [9.17, 15) is 9.59 Å². The van der Waals surface area contributed by atoms with Crippen molar-refractivity contribution in [2.75, 3.05) is 4.90 Å². The van der Waals surface area contributed by atoms with E-state index in [1.165, 1.54) is 6.92 Å². The van der Waals surface area contributed by atoms with Crippen molar-refractivity contribution in [3.05, 3.63) is 29.3 Å². The fourth-order valence-corrected chi connectivity index (χ4v) is 2.72. The summed E-state index contributed by atoms with van der Waals surface area (Å²) in [5.41, 5.74) is 2.86. The van der Waals surface area contributed by atoms with Gasteiger partial charge >= 0.3 is 5.97 Å². The third-order valence-electron chi connectivity index (χ3n) is 3.43. The van der Waals surface area contributed by atoms with Crippen LogP contribution in [0.15, 0.2) is 18.2 Å². The molecule has 0 saturated carbocycles. The summed E-state index contributed by atoms with van der Waals surface area (Å²) in [7, 11) is 0. The van der Waals surface area contributed by atoms with Gasteiger partial charge < -0.3 is 9.64 Å². The van der Waals surface area contributed by atoms with Crippen LogP contribution >= 0.6 is 0 Å². The van der Waals surface area contributed by atoms with Gasteiger partial charge in [0.25, 0.3) is 0 Å². The predicted molar refractivity (Wildman–Crippen MR) is 72.9 cm³/mol. The third kappa shape index (κ3) is 2.62. The highest BCUT2D eigenvalue weighted by Gasteiger charge is 2.33. The average Bonchev–Trinajstić information content (AvgIpc) is 2.28. The molecule has 19 heavy (non-hydrogen) atoms. The second-order valence-corrected chi connectivity index (χ2v) is 5.13. The molecule has 4 heteroatoms. The molecule has 0 fully saturated rings. The van der Waals surface area contributed by atoms with Gasteiger partial charge in [0.1, 0.15) is 6.10 Å². The van der Waals surface area contributed by atoms with E-state index in [0.717, 1.165) is 16.8 Å². The van der Waals surface area contributed by atoms with E-state index in [0.29, 0.717) is 6.42 Å². The molecule has 0 bridgehead atoms. The van der Waals surface area contributed by atoms with Crippen LogP contribution in [0.2, 0.25) is 0 Å². The zero-order valence-corrected chi connectivity index (χ0v) is 11.8. The molecular formula is C15H19NO3. The molecule has 1 aliphatic heterocycles. The summed E-state index contributed by atoms with van der Waals surface area (Å²) in [6, 6.07) is 5.91. The van der Waals surface area contributed by atoms with Crippen molar-refractivity contribution in [2.24, 2.45) is 0 Å². The Morgan fingerprint density at radius 3 is 2.58 bits per heavy atom. The van der Waals surface area contributed by atoms with Gasteiger partial charge in [0.15, 0.2) is 0 Å². The molecule has 1 heterocycles. The molecule has 1 aromatic carbocycles. The Bertz CT molecular complexity index is 524. The number of esters is 1. The molecule has 0 unspecified atom stereocenters. The summed E-state index contributed by atoms with van der Waals surface area (Å²) in [5, 5.41) is 0.